The molecule has 9 rings (SSSR count). The Kier molecular flexibility index (Phi) is 10.0. The highest BCUT2D eigenvalue weighted by molar-refractivity contribution is 6.05. The number of anilines is 2. The summed E-state index contributed by atoms with van der Waals surface area (Å²) in [6, 6.07) is 18.8. The summed E-state index contributed by atoms with van der Waals surface area (Å²) in [5.74, 6) is -3.15. The van der Waals surface area contributed by atoms with Crippen molar-refractivity contribution in [3.8, 4) is 5.75 Å². The van der Waals surface area contributed by atoms with Crippen molar-refractivity contribution in [1.29, 1.82) is 0 Å². The van der Waals surface area contributed by atoms with Crippen molar-refractivity contribution >= 4 is 29.1 Å². The number of hydrogen-bond donors (Lipinski definition) is 2. The lowest BCUT2D eigenvalue weighted by molar-refractivity contribution is -0.136. The molecule has 3 aromatic rings. The van der Waals surface area contributed by atoms with E-state index in [1.807, 2.05) is 12.1 Å². The number of carbonyl (C=O) groups excluding carboxylic acids is 3. The predicted octanol–water partition coefficient (Wildman–Crippen LogP) is 7.02. The topological polar surface area (TPSA) is 96.4 Å². The first kappa shape index (κ1) is 37.1. The van der Waals surface area contributed by atoms with Gasteiger partial charge in [0.05, 0.1) is 0 Å². The molecule has 9 nitrogen and oxygen atoms in total. The monoisotopic (exact) mass is 765 g/mol. The van der Waals surface area contributed by atoms with Crippen molar-refractivity contribution < 1.29 is 28.3 Å². The Morgan fingerprint density at radius 3 is 2.21 bits per heavy atom. The maximum absolute atomic E-state index is 15.6. The van der Waals surface area contributed by atoms with Crippen molar-refractivity contribution in [3.05, 3.63) is 88.5 Å². The molecule has 4 heterocycles. The molecular weight excluding hydrogens is 713 g/mol. The van der Waals surface area contributed by atoms with Crippen LogP contribution in [0.4, 0.5) is 20.2 Å². The molecule has 3 saturated heterocycles. The maximum Gasteiger partial charge on any atom is 0.274 e. The number of nitrogens with zero attached hydrogens (tertiary/aromatic N) is 4. The van der Waals surface area contributed by atoms with Gasteiger partial charge < -0.3 is 19.8 Å². The molecule has 0 radical (unpaired) electrons. The summed E-state index contributed by atoms with van der Waals surface area (Å²) >= 11 is 0. The minimum atomic E-state index is -2.94. The molecule has 3 amide bonds. The molecule has 0 spiro atoms. The largest absolute Gasteiger partial charge is 0.508 e. The summed E-state index contributed by atoms with van der Waals surface area (Å²) in [6.45, 7) is 7.27. The molecule has 1 saturated carbocycles. The molecule has 11 heteroatoms. The number of nitrogens with one attached hydrogen (secondary N) is 1. The zero-order valence-corrected chi connectivity index (χ0v) is 32.1. The molecule has 4 aliphatic heterocycles. The third-order valence-electron chi connectivity index (χ3n) is 13.9. The Labute approximate surface area is 328 Å². The molecule has 0 bridgehead atoms. The number of piperidine rings is 2. The second-order valence-corrected chi connectivity index (χ2v) is 17.3. The summed E-state index contributed by atoms with van der Waals surface area (Å²) in [7, 11) is 0. The van der Waals surface area contributed by atoms with E-state index in [2.05, 4.69) is 50.3 Å². The van der Waals surface area contributed by atoms with Gasteiger partial charge in [-0.1, -0.05) is 50.3 Å². The van der Waals surface area contributed by atoms with Gasteiger partial charge in [0.1, 0.15) is 11.8 Å². The van der Waals surface area contributed by atoms with Gasteiger partial charge >= 0.3 is 0 Å². The molecule has 6 aliphatic rings. The number of hydrogen-bond acceptors (Lipinski definition) is 7. The lowest BCUT2D eigenvalue weighted by Crippen LogP contribution is -2.52. The van der Waals surface area contributed by atoms with Crippen LogP contribution in [0.25, 0.3) is 0 Å². The van der Waals surface area contributed by atoms with Gasteiger partial charge in [-0.25, -0.2) is 8.78 Å². The van der Waals surface area contributed by atoms with E-state index < -0.39 is 12.0 Å². The van der Waals surface area contributed by atoms with Crippen LogP contribution in [0, 0.1) is 17.8 Å². The first-order chi connectivity index (χ1) is 27.1. The van der Waals surface area contributed by atoms with E-state index in [1.54, 1.807) is 17.0 Å². The SMILES string of the molecule is O=C1CC[C@H](N2Cc3cc(N4CCN(CC5CCN(c6ccc([C@@H]7c8ccc(O)cc8C(F)(F)C[C@@H]7C7CCCCC7)cc6)CC5)CC4)ccc3C2=O)C(=O)N1. The highest BCUT2D eigenvalue weighted by Gasteiger charge is 2.49. The first-order valence-corrected chi connectivity index (χ1v) is 20.9. The number of alkyl halides is 2. The van der Waals surface area contributed by atoms with Crippen LogP contribution in [-0.4, -0.2) is 84.5 Å². The fourth-order valence-electron chi connectivity index (χ4n) is 10.9. The number of phenols is 1. The standard InChI is InChI=1S/C45H53F2N5O4/c46-45(47)26-38(30-4-2-1-3-5-30)42(37-13-11-35(53)25-39(37)45)31-6-8-33(9-7-31)50-18-16-29(17-19-50)27-49-20-22-51(23-21-49)34-10-12-36-32(24-34)28-52(44(36)56)40-14-15-41(54)48-43(40)55/h6-13,24-25,29-30,38,40,42,53H,1-5,14-23,26-28H2,(H,48,54,55)/t38-,40+,42-/m1/s1. The van der Waals surface area contributed by atoms with Crippen LogP contribution in [0.1, 0.15) is 103 Å². The van der Waals surface area contributed by atoms with Gasteiger partial charge in [-0.05, 0) is 96.2 Å². The molecule has 2 aliphatic carbocycles. The molecular formula is C45H53F2N5O4. The Bertz CT molecular complexity index is 1970. The zero-order valence-electron chi connectivity index (χ0n) is 32.1. The van der Waals surface area contributed by atoms with Gasteiger partial charge in [0.25, 0.3) is 11.8 Å². The Balaban J connectivity index is 0.786. The lowest BCUT2D eigenvalue weighted by atomic mass is 9.63. The summed E-state index contributed by atoms with van der Waals surface area (Å²) in [5.41, 5.74) is 5.65. The first-order valence-electron chi connectivity index (χ1n) is 20.9. The quantitative estimate of drug-likeness (QED) is 0.250. The Hall–Kier alpha value is -4.51. The average Bonchev–Trinajstić information content (AvgIpc) is 3.53. The van der Waals surface area contributed by atoms with E-state index in [1.165, 1.54) is 18.2 Å². The van der Waals surface area contributed by atoms with Crippen LogP contribution >= 0.6 is 0 Å². The normalized spacial score (nSPS) is 26.3. The van der Waals surface area contributed by atoms with Crippen LogP contribution < -0.4 is 15.1 Å². The number of fused-ring (bicyclic) bond motifs is 2. The molecule has 0 unspecified atom stereocenters. The third kappa shape index (κ3) is 7.16. The van der Waals surface area contributed by atoms with Crippen LogP contribution in [0.3, 0.4) is 0 Å². The van der Waals surface area contributed by atoms with Crippen molar-refractivity contribution in [2.45, 2.75) is 88.6 Å². The molecule has 296 valence electrons. The zero-order chi connectivity index (χ0) is 38.6. The number of rotatable bonds is 7. The molecule has 4 fully saturated rings. The third-order valence-corrected chi connectivity index (χ3v) is 13.9. The molecule has 2 N–H and O–H groups in total. The van der Waals surface area contributed by atoms with Gasteiger partial charge in [0, 0.05) is 93.6 Å². The molecule has 0 aromatic heterocycles. The Morgan fingerprint density at radius 1 is 0.768 bits per heavy atom. The highest BCUT2D eigenvalue weighted by atomic mass is 19.3. The highest BCUT2D eigenvalue weighted by Crippen LogP contribution is 2.55. The number of phenolic OH excluding ortho intramolecular Hbond substituents is 1. The van der Waals surface area contributed by atoms with E-state index in [0.717, 1.165) is 101 Å². The average molecular weight is 766 g/mol. The Morgan fingerprint density at radius 2 is 1.48 bits per heavy atom. The van der Waals surface area contributed by atoms with Gasteiger partial charge in [-0.3, -0.25) is 24.6 Å². The van der Waals surface area contributed by atoms with Crippen LogP contribution in [0.2, 0.25) is 0 Å². The smallest absolute Gasteiger partial charge is 0.274 e. The summed E-state index contributed by atoms with van der Waals surface area (Å²) in [5, 5.41) is 12.5. The van der Waals surface area contributed by atoms with E-state index in [0.29, 0.717) is 30.0 Å². The van der Waals surface area contributed by atoms with Crippen LogP contribution in [0.15, 0.2) is 60.7 Å². The summed E-state index contributed by atoms with van der Waals surface area (Å²) in [6.07, 6.45) is 8.15. The number of piperazine rings is 1. The number of imide groups is 1. The number of carbonyl (C=O) groups is 3. The minimum Gasteiger partial charge on any atom is -0.508 e. The minimum absolute atomic E-state index is 0.0110. The van der Waals surface area contributed by atoms with E-state index in [9.17, 15) is 19.5 Å². The molecule has 3 aromatic carbocycles. The van der Waals surface area contributed by atoms with Crippen molar-refractivity contribution in [2.24, 2.45) is 17.8 Å². The second kappa shape index (κ2) is 15.1. The fourth-order valence-corrected chi connectivity index (χ4v) is 10.9. The maximum atomic E-state index is 15.6. The molecule has 56 heavy (non-hydrogen) atoms. The number of amides is 3. The van der Waals surface area contributed by atoms with Crippen molar-refractivity contribution in [3.63, 3.8) is 0 Å². The number of halogens is 2. The summed E-state index contributed by atoms with van der Waals surface area (Å²) < 4.78 is 31.2. The van der Waals surface area contributed by atoms with Crippen LogP contribution in [-0.2, 0) is 22.1 Å². The van der Waals surface area contributed by atoms with Crippen molar-refractivity contribution in [2.75, 3.05) is 55.6 Å². The fraction of sp³-hybridized carbons (Fsp3) is 0.533. The van der Waals surface area contributed by atoms with Gasteiger partial charge in [-0.15, -0.1) is 0 Å². The lowest BCUT2D eigenvalue weighted by Gasteiger charge is -2.43. The van der Waals surface area contributed by atoms with E-state index >= 15 is 8.78 Å². The van der Waals surface area contributed by atoms with E-state index in [4.69, 9.17) is 0 Å². The second-order valence-electron chi connectivity index (χ2n) is 17.3. The summed E-state index contributed by atoms with van der Waals surface area (Å²) in [4.78, 5) is 46.3. The predicted molar refractivity (Wildman–Crippen MR) is 211 cm³/mol. The van der Waals surface area contributed by atoms with Gasteiger partial charge in [-0.2, -0.15) is 0 Å². The number of benzene rings is 3. The van der Waals surface area contributed by atoms with Crippen LogP contribution in [0.5, 0.6) is 5.75 Å². The van der Waals surface area contributed by atoms with Gasteiger partial charge in [0.15, 0.2) is 0 Å². The molecule has 3 atom stereocenters. The van der Waals surface area contributed by atoms with Crippen molar-refractivity contribution in [1.82, 2.24) is 15.1 Å². The van der Waals surface area contributed by atoms with E-state index in [-0.39, 0.29) is 59.6 Å². The van der Waals surface area contributed by atoms with Gasteiger partial charge in [0.2, 0.25) is 11.8 Å². The number of aromatic hydroxyl groups is 1.